The van der Waals surface area contributed by atoms with Crippen molar-refractivity contribution in [1.29, 1.82) is 0 Å². The molecule has 204 valence electrons. The van der Waals surface area contributed by atoms with E-state index in [4.69, 9.17) is 9.15 Å². The molecule has 4 aromatic rings. The third-order valence-corrected chi connectivity index (χ3v) is 6.39. The SMILES string of the molecule is O=C1Nc2ccccc2C(c2ccccc2)=N[C@@H]1Nc1nnc(-c2ccc(C(F)(F)F)nc2N2CCOCC2)o1. The van der Waals surface area contributed by atoms with E-state index in [2.05, 4.69) is 30.8 Å². The summed E-state index contributed by atoms with van der Waals surface area (Å²) in [5, 5.41) is 13.7. The van der Waals surface area contributed by atoms with Crippen LogP contribution in [0.3, 0.4) is 0 Å². The molecular formula is C27H22F3N7O3. The molecule has 0 bridgehead atoms. The Labute approximate surface area is 225 Å². The maximum Gasteiger partial charge on any atom is 0.433 e. The van der Waals surface area contributed by atoms with Crippen molar-refractivity contribution in [3.8, 4) is 11.5 Å². The van der Waals surface area contributed by atoms with Crippen molar-refractivity contribution in [2.45, 2.75) is 12.3 Å². The fourth-order valence-electron chi connectivity index (χ4n) is 4.48. The van der Waals surface area contributed by atoms with E-state index in [9.17, 15) is 18.0 Å². The van der Waals surface area contributed by atoms with Crippen molar-refractivity contribution >= 4 is 29.1 Å². The van der Waals surface area contributed by atoms with Gasteiger partial charge in [-0.05, 0) is 18.2 Å². The molecular weight excluding hydrogens is 527 g/mol. The van der Waals surface area contributed by atoms with E-state index in [1.54, 1.807) is 11.0 Å². The molecule has 2 aromatic carbocycles. The number of benzene rings is 2. The van der Waals surface area contributed by atoms with E-state index < -0.39 is 23.9 Å². The standard InChI is InChI=1S/C27H22F3N7O3/c28-27(29,30)20-11-10-18(23(32-20)37-12-14-39-15-13-37)25-35-36-26(40-25)34-22-24(38)31-19-9-5-4-8-17(19)21(33-22)16-6-2-1-3-7-16/h1-11,22H,12-15H2,(H,31,38)(H,34,36)/t22-/m1/s1. The number of benzodiazepines with no additional fused rings is 1. The summed E-state index contributed by atoms with van der Waals surface area (Å²) in [5.41, 5.74) is 1.90. The number of nitrogens with zero attached hydrogens (tertiary/aromatic N) is 5. The molecule has 0 saturated carbocycles. The average molecular weight is 550 g/mol. The largest absolute Gasteiger partial charge is 0.433 e. The first-order chi connectivity index (χ1) is 19.4. The Morgan fingerprint density at radius 1 is 0.925 bits per heavy atom. The lowest BCUT2D eigenvalue weighted by Crippen LogP contribution is -2.37. The van der Waals surface area contributed by atoms with Gasteiger partial charge in [0.05, 0.1) is 30.2 Å². The first kappa shape index (κ1) is 25.5. The van der Waals surface area contributed by atoms with Gasteiger partial charge in [0.1, 0.15) is 11.5 Å². The maximum atomic E-state index is 13.4. The molecule has 1 saturated heterocycles. The number of hydrogen-bond donors (Lipinski definition) is 2. The van der Waals surface area contributed by atoms with Gasteiger partial charge in [-0.2, -0.15) is 13.2 Å². The van der Waals surface area contributed by atoms with E-state index in [1.807, 2.05) is 48.5 Å². The molecule has 0 radical (unpaired) electrons. The molecule has 13 heteroatoms. The number of aromatic nitrogens is 3. The summed E-state index contributed by atoms with van der Waals surface area (Å²) in [5.74, 6) is -0.460. The van der Waals surface area contributed by atoms with Gasteiger partial charge in [-0.25, -0.2) is 9.98 Å². The first-order valence-electron chi connectivity index (χ1n) is 12.4. The summed E-state index contributed by atoms with van der Waals surface area (Å²) in [6.45, 7) is 1.38. The van der Waals surface area contributed by atoms with Crippen LogP contribution in [0.1, 0.15) is 16.8 Å². The van der Waals surface area contributed by atoms with Gasteiger partial charge in [-0.1, -0.05) is 53.6 Å². The van der Waals surface area contributed by atoms with Crippen LogP contribution in [0.15, 0.2) is 76.1 Å². The summed E-state index contributed by atoms with van der Waals surface area (Å²) in [6.07, 6.45) is -5.76. The number of carbonyl (C=O) groups excluding carboxylic acids is 1. The van der Waals surface area contributed by atoms with Gasteiger partial charge in [0.15, 0.2) is 0 Å². The minimum Gasteiger partial charge on any atom is -0.403 e. The monoisotopic (exact) mass is 549 g/mol. The fraction of sp³-hybridized carbons (Fsp3) is 0.222. The van der Waals surface area contributed by atoms with Crippen LogP contribution in [0, 0.1) is 0 Å². The Kier molecular flexibility index (Phi) is 6.64. The highest BCUT2D eigenvalue weighted by Crippen LogP contribution is 2.35. The predicted octanol–water partition coefficient (Wildman–Crippen LogP) is 4.21. The highest BCUT2D eigenvalue weighted by molar-refractivity contribution is 6.19. The average Bonchev–Trinajstić information content (AvgIpc) is 3.38. The molecule has 6 rings (SSSR count). The fourth-order valence-corrected chi connectivity index (χ4v) is 4.48. The molecule has 0 spiro atoms. The van der Waals surface area contributed by atoms with Gasteiger partial charge in [0, 0.05) is 24.2 Å². The highest BCUT2D eigenvalue weighted by atomic mass is 19.4. The minimum absolute atomic E-state index is 0.0559. The number of hydrogen-bond acceptors (Lipinski definition) is 9. The molecule has 2 aliphatic rings. The quantitative estimate of drug-likeness (QED) is 0.380. The summed E-state index contributed by atoms with van der Waals surface area (Å²) in [7, 11) is 0. The molecule has 4 heterocycles. The molecule has 10 nitrogen and oxygen atoms in total. The van der Waals surface area contributed by atoms with Gasteiger partial charge in [-0.3, -0.25) is 4.79 Å². The van der Waals surface area contributed by atoms with Crippen molar-refractivity contribution in [2.24, 2.45) is 4.99 Å². The lowest BCUT2D eigenvalue weighted by atomic mass is 10.0. The second kappa shape index (κ2) is 10.4. The predicted molar refractivity (Wildman–Crippen MR) is 140 cm³/mol. The summed E-state index contributed by atoms with van der Waals surface area (Å²) in [6, 6.07) is 18.7. The van der Waals surface area contributed by atoms with Crippen LogP contribution >= 0.6 is 0 Å². The molecule has 2 aromatic heterocycles. The molecule has 0 unspecified atom stereocenters. The van der Waals surface area contributed by atoms with Gasteiger partial charge in [0.25, 0.3) is 11.8 Å². The Balaban J connectivity index is 1.34. The number of fused-ring (bicyclic) bond motifs is 1. The van der Waals surface area contributed by atoms with Crippen LogP contribution in [0.2, 0.25) is 0 Å². The van der Waals surface area contributed by atoms with Gasteiger partial charge >= 0.3 is 12.2 Å². The number of alkyl halides is 3. The zero-order valence-electron chi connectivity index (χ0n) is 20.9. The normalized spacial score (nSPS) is 17.5. The smallest absolute Gasteiger partial charge is 0.403 e. The van der Waals surface area contributed by atoms with E-state index in [0.29, 0.717) is 37.7 Å². The number of aliphatic imine (C=N–C) groups is 1. The van der Waals surface area contributed by atoms with E-state index >= 15 is 0 Å². The molecule has 1 fully saturated rings. The van der Waals surface area contributed by atoms with Crippen molar-refractivity contribution in [3.63, 3.8) is 0 Å². The van der Waals surface area contributed by atoms with Crippen LogP contribution < -0.4 is 15.5 Å². The van der Waals surface area contributed by atoms with Gasteiger partial charge < -0.3 is 24.7 Å². The Morgan fingerprint density at radius 3 is 2.45 bits per heavy atom. The van der Waals surface area contributed by atoms with Crippen molar-refractivity contribution in [1.82, 2.24) is 15.2 Å². The topological polar surface area (TPSA) is 118 Å². The zero-order valence-corrected chi connectivity index (χ0v) is 20.9. The number of nitrogens with one attached hydrogen (secondary N) is 2. The summed E-state index contributed by atoms with van der Waals surface area (Å²) < 4.78 is 51.4. The molecule has 2 aliphatic heterocycles. The third-order valence-electron chi connectivity index (χ3n) is 6.39. The van der Waals surface area contributed by atoms with Crippen molar-refractivity contribution in [2.75, 3.05) is 41.8 Å². The number of pyridine rings is 1. The van der Waals surface area contributed by atoms with Crippen LogP contribution in [0.4, 0.5) is 30.7 Å². The summed E-state index contributed by atoms with van der Waals surface area (Å²) in [4.78, 5) is 23.4. The third kappa shape index (κ3) is 5.10. The number of rotatable bonds is 5. The second-order valence-corrected chi connectivity index (χ2v) is 9.00. The van der Waals surface area contributed by atoms with Crippen molar-refractivity contribution < 1.29 is 27.1 Å². The summed E-state index contributed by atoms with van der Waals surface area (Å²) >= 11 is 0. The zero-order chi connectivity index (χ0) is 27.7. The van der Waals surface area contributed by atoms with Gasteiger partial charge in [0.2, 0.25) is 6.17 Å². The van der Waals surface area contributed by atoms with Crippen molar-refractivity contribution in [3.05, 3.63) is 83.6 Å². The minimum atomic E-state index is -4.62. The van der Waals surface area contributed by atoms with Gasteiger partial charge in [-0.15, -0.1) is 5.10 Å². The van der Waals surface area contributed by atoms with Crippen LogP contribution in [0.25, 0.3) is 11.5 Å². The lowest BCUT2D eigenvalue weighted by molar-refractivity contribution is -0.141. The molecule has 1 atom stereocenters. The van der Waals surface area contributed by atoms with E-state index in [1.165, 1.54) is 6.07 Å². The number of amides is 1. The second-order valence-electron chi connectivity index (χ2n) is 9.00. The Hall–Kier alpha value is -4.78. The first-order valence-corrected chi connectivity index (χ1v) is 12.4. The highest BCUT2D eigenvalue weighted by Gasteiger charge is 2.35. The number of para-hydroxylation sites is 1. The lowest BCUT2D eigenvalue weighted by Gasteiger charge is -2.29. The number of halogens is 3. The number of ether oxygens (including phenoxy) is 1. The van der Waals surface area contributed by atoms with Crippen LogP contribution in [-0.4, -0.2) is 59.3 Å². The number of anilines is 3. The van der Waals surface area contributed by atoms with Crippen LogP contribution in [-0.2, 0) is 15.7 Å². The number of carbonyl (C=O) groups is 1. The number of morpholine rings is 1. The molecule has 2 N–H and O–H groups in total. The Bertz CT molecular complexity index is 1570. The van der Waals surface area contributed by atoms with E-state index in [-0.39, 0.29) is 23.3 Å². The van der Waals surface area contributed by atoms with Crippen LogP contribution in [0.5, 0.6) is 0 Å². The maximum absolute atomic E-state index is 13.4. The molecule has 0 aliphatic carbocycles. The molecule has 1 amide bonds. The van der Waals surface area contributed by atoms with E-state index in [0.717, 1.165) is 17.2 Å². The Morgan fingerprint density at radius 2 is 1.68 bits per heavy atom. The molecule has 40 heavy (non-hydrogen) atoms.